The molecule has 104 valence electrons. The van der Waals surface area contributed by atoms with Gasteiger partial charge in [0.05, 0.1) is 10.9 Å². The molecule has 1 aromatic carbocycles. The number of rotatable bonds is 1. The van der Waals surface area contributed by atoms with Gasteiger partial charge in [0.1, 0.15) is 17.1 Å². The maximum atomic E-state index is 12.1. The van der Waals surface area contributed by atoms with Crippen molar-refractivity contribution in [2.45, 2.75) is 38.5 Å². The van der Waals surface area contributed by atoms with Crippen LogP contribution in [-0.2, 0) is 4.79 Å². The van der Waals surface area contributed by atoms with E-state index in [9.17, 15) is 14.7 Å². The van der Waals surface area contributed by atoms with Gasteiger partial charge in [0.25, 0.3) is 0 Å². The monoisotopic (exact) mass is 272 g/mol. The molecule has 1 saturated carbocycles. The minimum Gasteiger partial charge on any atom is -0.507 e. The summed E-state index contributed by atoms with van der Waals surface area (Å²) in [6.45, 7) is 1.91. The summed E-state index contributed by atoms with van der Waals surface area (Å²) in [5.41, 5.74) is 1.09. The molecule has 0 unspecified atom stereocenters. The van der Waals surface area contributed by atoms with Gasteiger partial charge in [0.15, 0.2) is 0 Å². The number of hydrogen-bond acceptors (Lipinski definition) is 4. The highest BCUT2D eigenvalue weighted by Gasteiger charge is 2.27. The minimum absolute atomic E-state index is 0.0281. The summed E-state index contributed by atoms with van der Waals surface area (Å²) < 4.78 is 5.29. The van der Waals surface area contributed by atoms with Gasteiger partial charge in [-0.3, -0.25) is 4.79 Å². The Kier molecular flexibility index (Phi) is 3.08. The summed E-state index contributed by atoms with van der Waals surface area (Å²) in [4.78, 5) is 23.7. The van der Waals surface area contributed by atoms with Gasteiger partial charge in [0.2, 0.25) is 0 Å². The molecule has 0 radical (unpaired) electrons. The molecule has 1 aliphatic carbocycles. The van der Waals surface area contributed by atoms with Crippen LogP contribution in [0.3, 0.4) is 0 Å². The van der Waals surface area contributed by atoms with Crippen molar-refractivity contribution in [3.8, 4) is 5.75 Å². The number of carbonyl (C=O) groups excluding carboxylic acids is 1. The zero-order valence-electron chi connectivity index (χ0n) is 11.3. The number of carbonyl (C=O) groups is 1. The van der Waals surface area contributed by atoms with Crippen molar-refractivity contribution in [2.24, 2.45) is 0 Å². The first kappa shape index (κ1) is 12.9. The molecule has 4 heteroatoms. The Labute approximate surface area is 116 Å². The second-order valence-electron chi connectivity index (χ2n) is 5.48. The zero-order chi connectivity index (χ0) is 14.3. The fourth-order valence-electron chi connectivity index (χ4n) is 2.95. The van der Waals surface area contributed by atoms with Crippen molar-refractivity contribution >= 4 is 16.8 Å². The third-order valence-corrected chi connectivity index (χ3v) is 3.96. The molecule has 1 aliphatic rings. The largest absolute Gasteiger partial charge is 0.507 e. The quantitative estimate of drug-likeness (QED) is 0.810. The first-order chi connectivity index (χ1) is 9.56. The molecule has 0 aliphatic heterocycles. The van der Waals surface area contributed by atoms with Crippen LogP contribution in [0.2, 0.25) is 0 Å². The van der Waals surface area contributed by atoms with Crippen LogP contribution >= 0.6 is 0 Å². The lowest BCUT2D eigenvalue weighted by Gasteiger charge is -2.21. The van der Waals surface area contributed by atoms with E-state index in [2.05, 4.69) is 0 Å². The molecular formula is C16H16O4. The van der Waals surface area contributed by atoms with Gasteiger partial charge in [-0.25, -0.2) is 4.79 Å². The second kappa shape index (κ2) is 4.78. The van der Waals surface area contributed by atoms with Crippen molar-refractivity contribution < 1.29 is 14.3 Å². The second-order valence-corrected chi connectivity index (χ2v) is 5.48. The van der Waals surface area contributed by atoms with Crippen molar-refractivity contribution in [2.75, 3.05) is 0 Å². The van der Waals surface area contributed by atoms with Gasteiger partial charge in [-0.05, 0) is 31.9 Å². The van der Waals surface area contributed by atoms with Crippen molar-refractivity contribution in [3.05, 3.63) is 39.7 Å². The Bertz CT molecular complexity index is 742. The lowest BCUT2D eigenvalue weighted by molar-refractivity contribution is -0.120. The summed E-state index contributed by atoms with van der Waals surface area (Å²) in [5.74, 6) is -0.110. The molecule has 1 atom stereocenters. The smallest absolute Gasteiger partial charge is 0.343 e. The van der Waals surface area contributed by atoms with Crippen molar-refractivity contribution in [3.63, 3.8) is 0 Å². The van der Waals surface area contributed by atoms with Gasteiger partial charge in [-0.1, -0.05) is 11.6 Å². The van der Waals surface area contributed by atoms with Gasteiger partial charge < -0.3 is 9.52 Å². The van der Waals surface area contributed by atoms with E-state index in [1.807, 2.05) is 13.0 Å². The normalized spacial score (nSPS) is 19.4. The Morgan fingerprint density at radius 1 is 1.30 bits per heavy atom. The van der Waals surface area contributed by atoms with Crippen LogP contribution in [-0.4, -0.2) is 10.9 Å². The molecule has 0 bridgehead atoms. The molecule has 2 aromatic rings. The van der Waals surface area contributed by atoms with Crippen LogP contribution in [0.4, 0.5) is 0 Å². The molecular weight excluding hydrogens is 256 g/mol. The van der Waals surface area contributed by atoms with E-state index in [4.69, 9.17) is 4.42 Å². The number of aromatic hydroxyl groups is 1. The molecule has 4 nitrogen and oxygen atoms in total. The SMILES string of the molecule is Cc1ccc2oc(=O)c([C@@H]3CCCC(=O)C3)c(O)c2c1. The summed E-state index contributed by atoms with van der Waals surface area (Å²) in [6, 6.07) is 5.30. The number of ketones is 1. The number of Topliss-reactive ketones (excluding diaryl/α,β-unsaturated/α-hetero) is 1. The fourth-order valence-corrected chi connectivity index (χ4v) is 2.95. The summed E-state index contributed by atoms with van der Waals surface area (Å²) in [5, 5.41) is 11.0. The standard InChI is InChI=1S/C16H16O4/c1-9-5-6-13-12(7-9)15(18)14(16(19)20-13)10-3-2-4-11(17)8-10/h5-7,10,18H,2-4,8H2,1H3/t10-/m1/s1. The average Bonchev–Trinajstić information content (AvgIpc) is 2.40. The Balaban J connectivity index is 2.19. The van der Waals surface area contributed by atoms with E-state index >= 15 is 0 Å². The minimum atomic E-state index is -0.529. The van der Waals surface area contributed by atoms with Crippen LogP contribution in [0, 0.1) is 6.92 Å². The van der Waals surface area contributed by atoms with Crippen molar-refractivity contribution in [1.82, 2.24) is 0 Å². The van der Waals surface area contributed by atoms with Crippen LogP contribution in [0.1, 0.15) is 42.7 Å². The highest BCUT2D eigenvalue weighted by Crippen LogP contribution is 2.37. The summed E-state index contributed by atoms with van der Waals surface area (Å²) in [6.07, 6.45) is 2.38. The number of hydrogen-bond donors (Lipinski definition) is 1. The first-order valence-corrected chi connectivity index (χ1v) is 6.84. The number of aryl methyl sites for hydroxylation is 1. The molecule has 3 rings (SSSR count). The molecule has 1 N–H and O–H groups in total. The average molecular weight is 272 g/mol. The van der Waals surface area contributed by atoms with Gasteiger partial charge >= 0.3 is 5.63 Å². The third kappa shape index (κ3) is 2.11. The molecule has 1 aromatic heterocycles. The van der Waals surface area contributed by atoms with Gasteiger partial charge in [-0.15, -0.1) is 0 Å². The Morgan fingerprint density at radius 3 is 2.85 bits per heavy atom. The highest BCUT2D eigenvalue weighted by molar-refractivity contribution is 5.86. The van der Waals surface area contributed by atoms with E-state index in [1.165, 1.54) is 0 Å². The summed E-state index contributed by atoms with van der Waals surface area (Å²) >= 11 is 0. The molecule has 20 heavy (non-hydrogen) atoms. The van der Waals surface area contributed by atoms with Crippen LogP contribution in [0.5, 0.6) is 5.75 Å². The predicted molar refractivity (Wildman–Crippen MR) is 75.1 cm³/mol. The fraction of sp³-hybridized carbons (Fsp3) is 0.375. The van der Waals surface area contributed by atoms with Crippen LogP contribution < -0.4 is 5.63 Å². The molecule has 0 spiro atoms. The van der Waals surface area contributed by atoms with E-state index in [1.54, 1.807) is 12.1 Å². The third-order valence-electron chi connectivity index (χ3n) is 3.96. The number of benzene rings is 1. The zero-order valence-corrected chi connectivity index (χ0v) is 11.3. The number of fused-ring (bicyclic) bond motifs is 1. The van der Waals surface area contributed by atoms with Crippen molar-refractivity contribution in [1.29, 1.82) is 0 Å². The van der Waals surface area contributed by atoms with Gasteiger partial charge in [0, 0.05) is 18.8 Å². The molecule has 0 saturated heterocycles. The predicted octanol–water partition coefficient (Wildman–Crippen LogP) is 3.03. The van der Waals surface area contributed by atoms with E-state index in [-0.39, 0.29) is 23.0 Å². The van der Waals surface area contributed by atoms with E-state index in [0.717, 1.165) is 18.4 Å². The van der Waals surface area contributed by atoms with E-state index < -0.39 is 5.63 Å². The Hall–Kier alpha value is -2.10. The molecule has 1 fully saturated rings. The summed E-state index contributed by atoms with van der Waals surface area (Å²) in [7, 11) is 0. The van der Waals surface area contributed by atoms with Crippen LogP contribution in [0.25, 0.3) is 11.0 Å². The lowest BCUT2D eigenvalue weighted by atomic mass is 9.83. The van der Waals surface area contributed by atoms with E-state index in [0.29, 0.717) is 23.8 Å². The maximum Gasteiger partial charge on any atom is 0.343 e. The first-order valence-electron chi connectivity index (χ1n) is 6.84. The Morgan fingerprint density at radius 2 is 2.10 bits per heavy atom. The maximum absolute atomic E-state index is 12.1. The lowest BCUT2D eigenvalue weighted by Crippen LogP contribution is -2.19. The topological polar surface area (TPSA) is 67.5 Å². The molecule has 0 amide bonds. The van der Waals surface area contributed by atoms with Gasteiger partial charge in [-0.2, -0.15) is 0 Å². The van der Waals surface area contributed by atoms with Crippen LogP contribution in [0.15, 0.2) is 27.4 Å². The molecule has 1 heterocycles. The highest BCUT2D eigenvalue weighted by atomic mass is 16.4.